The van der Waals surface area contributed by atoms with Crippen molar-refractivity contribution in [3.63, 3.8) is 0 Å². The summed E-state index contributed by atoms with van der Waals surface area (Å²) < 4.78 is 5.73. The fraction of sp³-hybridized carbons (Fsp3) is 0.324. The van der Waals surface area contributed by atoms with Crippen molar-refractivity contribution in [1.82, 2.24) is 14.9 Å². The van der Waals surface area contributed by atoms with Crippen molar-refractivity contribution in [1.29, 1.82) is 5.41 Å². The first-order valence-electron chi connectivity index (χ1n) is 14.4. The summed E-state index contributed by atoms with van der Waals surface area (Å²) in [7, 11) is 0. The van der Waals surface area contributed by atoms with Crippen LogP contribution in [0.3, 0.4) is 0 Å². The van der Waals surface area contributed by atoms with E-state index in [9.17, 15) is 0 Å². The van der Waals surface area contributed by atoms with Crippen LogP contribution in [-0.2, 0) is 17.6 Å². The summed E-state index contributed by atoms with van der Waals surface area (Å²) in [5, 5.41) is 8.96. The van der Waals surface area contributed by atoms with Gasteiger partial charge in [0.2, 0.25) is 0 Å². The van der Waals surface area contributed by atoms with Gasteiger partial charge in [-0.2, -0.15) is 0 Å². The summed E-state index contributed by atoms with van der Waals surface area (Å²) in [4.78, 5) is 11.8. The standard InChI is InChI=1S/C34H35N5O/c1-21-3-2-14-37-33(21)24-7-5-23(6-8-24)32(35)31-16-27(18-38-34(31)36)26-9-4-22-10-12-28(13-11-25(22)15-26)39-29-17-30(39)20-40-19-29/h2-9,14-16,18,28-30,35H,10-13,17,19-20H2,1H3,(H2,36,38). The summed E-state index contributed by atoms with van der Waals surface area (Å²) in [6.45, 7) is 3.86. The van der Waals surface area contributed by atoms with E-state index in [0.29, 0.717) is 35.2 Å². The minimum Gasteiger partial charge on any atom is -0.383 e. The molecule has 6 heteroatoms. The number of nitrogens with zero attached hydrogens (tertiary/aromatic N) is 3. The lowest BCUT2D eigenvalue weighted by atomic mass is 9.87. The molecule has 4 aromatic rings. The van der Waals surface area contributed by atoms with Crippen molar-refractivity contribution in [3.8, 4) is 22.4 Å². The molecule has 3 atom stereocenters. The van der Waals surface area contributed by atoms with Crippen LogP contribution in [0.25, 0.3) is 22.4 Å². The molecule has 0 amide bonds. The second-order valence-electron chi connectivity index (χ2n) is 11.5. The maximum Gasteiger partial charge on any atom is 0.132 e. The van der Waals surface area contributed by atoms with Crippen molar-refractivity contribution < 1.29 is 4.74 Å². The number of pyridine rings is 2. The third-order valence-corrected chi connectivity index (χ3v) is 9.11. The van der Waals surface area contributed by atoms with Gasteiger partial charge in [0.05, 0.1) is 24.6 Å². The monoisotopic (exact) mass is 529 g/mol. The minimum absolute atomic E-state index is 0.373. The van der Waals surface area contributed by atoms with Gasteiger partial charge in [-0.1, -0.05) is 48.5 Å². The van der Waals surface area contributed by atoms with Crippen molar-refractivity contribution >= 4 is 11.5 Å². The van der Waals surface area contributed by atoms with E-state index in [1.165, 1.54) is 30.4 Å². The number of nitrogen functional groups attached to an aromatic ring is 1. The van der Waals surface area contributed by atoms with Crippen LogP contribution in [-0.4, -0.2) is 51.9 Å². The van der Waals surface area contributed by atoms with E-state index >= 15 is 0 Å². The van der Waals surface area contributed by atoms with Gasteiger partial charge in [-0.3, -0.25) is 15.3 Å². The number of aryl methyl sites for hydroxylation is 3. The lowest BCUT2D eigenvalue weighted by Crippen LogP contribution is -2.66. The topological polar surface area (TPSA) is 88.1 Å². The number of rotatable bonds is 5. The van der Waals surface area contributed by atoms with Crippen molar-refractivity contribution in [2.75, 3.05) is 18.9 Å². The van der Waals surface area contributed by atoms with E-state index in [-0.39, 0.29) is 0 Å². The Hall–Kier alpha value is -3.87. The zero-order valence-electron chi connectivity index (χ0n) is 22.9. The SMILES string of the molecule is Cc1cccnc1-c1ccc(C(=N)c2cc(-c3ccc4c(c3)CCC(N3C5COCC3C5)CC4)cnc2N)cc1. The van der Waals surface area contributed by atoms with Crippen molar-refractivity contribution in [2.24, 2.45) is 0 Å². The van der Waals surface area contributed by atoms with Gasteiger partial charge in [-0.05, 0) is 73.4 Å². The average Bonchev–Trinajstić information content (AvgIpc) is 3.20. The first kappa shape index (κ1) is 25.1. The third kappa shape index (κ3) is 4.51. The molecule has 3 N–H and O–H groups in total. The minimum atomic E-state index is 0.373. The Balaban J connectivity index is 1.11. The lowest BCUT2D eigenvalue weighted by molar-refractivity contribution is -0.148. The molecule has 2 fully saturated rings. The molecule has 2 aromatic carbocycles. The Bertz CT molecular complexity index is 1570. The molecule has 2 saturated heterocycles. The molecule has 0 saturated carbocycles. The predicted octanol–water partition coefficient (Wildman–Crippen LogP) is 5.84. The quantitative estimate of drug-likeness (QED) is 0.251. The lowest BCUT2D eigenvalue weighted by Gasteiger charge is -2.56. The molecular formula is C34H35N5O. The van der Waals surface area contributed by atoms with E-state index < -0.39 is 0 Å². The number of hydrogen-bond acceptors (Lipinski definition) is 6. The van der Waals surface area contributed by atoms with Gasteiger partial charge in [-0.25, -0.2) is 4.98 Å². The molecule has 7 rings (SSSR count). The molecule has 2 aliphatic heterocycles. The van der Waals surface area contributed by atoms with Crippen LogP contribution in [0.4, 0.5) is 5.82 Å². The van der Waals surface area contributed by atoms with Gasteiger partial charge in [0.25, 0.3) is 0 Å². The van der Waals surface area contributed by atoms with Crippen molar-refractivity contribution in [3.05, 3.63) is 101 Å². The third-order valence-electron chi connectivity index (χ3n) is 9.11. The number of fused-ring (bicyclic) bond motifs is 3. The summed E-state index contributed by atoms with van der Waals surface area (Å²) in [6, 6.07) is 22.7. The first-order chi connectivity index (χ1) is 19.5. The number of morpholine rings is 1. The van der Waals surface area contributed by atoms with Gasteiger partial charge in [-0.15, -0.1) is 0 Å². The van der Waals surface area contributed by atoms with Gasteiger partial charge >= 0.3 is 0 Å². The highest BCUT2D eigenvalue weighted by atomic mass is 16.5. The molecule has 0 spiro atoms. The van der Waals surface area contributed by atoms with E-state index in [1.807, 2.05) is 48.8 Å². The number of nitrogens with one attached hydrogen (secondary N) is 1. The number of aromatic nitrogens is 2. The number of benzene rings is 2. The Morgan fingerprint density at radius 3 is 2.38 bits per heavy atom. The normalized spacial score (nSPS) is 22.2. The zero-order chi connectivity index (χ0) is 27.2. The van der Waals surface area contributed by atoms with Crippen LogP contribution in [0.1, 0.15) is 47.1 Å². The average molecular weight is 530 g/mol. The van der Waals surface area contributed by atoms with Crippen LogP contribution < -0.4 is 5.73 Å². The molecule has 4 heterocycles. The van der Waals surface area contributed by atoms with Crippen LogP contribution in [0.2, 0.25) is 0 Å². The summed E-state index contributed by atoms with van der Waals surface area (Å²) in [6.07, 6.45) is 9.60. The number of hydrogen-bond donors (Lipinski definition) is 2. The maximum absolute atomic E-state index is 8.96. The first-order valence-corrected chi connectivity index (χ1v) is 14.4. The molecular weight excluding hydrogens is 494 g/mol. The van der Waals surface area contributed by atoms with E-state index in [0.717, 1.165) is 59.6 Å². The molecule has 2 aromatic heterocycles. The Morgan fingerprint density at radius 2 is 1.62 bits per heavy atom. The van der Waals surface area contributed by atoms with Gasteiger partial charge < -0.3 is 10.5 Å². The molecule has 3 aliphatic rings. The molecule has 2 bridgehead atoms. The summed E-state index contributed by atoms with van der Waals surface area (Å²) >= 11 is 0. The van der Waals surface area contributed by atoms with E-state index in [2.05, 4.69) is 46.1 Å². The molecule has 0 radical (unpaired) electrons. The molecule has 6 nitrogen and oxygen atoms in total. The highest BCUT2D eigenvalue weighted by Gasteiger charge is 2.45. The molecule has 40 heavy (non-hydrogen) atoms. The van der Waals surface area contributed by atoms with Gasteiger partial charge in [0.1, 0.15) is 5.82 Å². The number of nitrogens with two attached hydrogens (primary N) is 1. The maximum atomic E-state index is 8.96. The summed E-state index contributed by atoms with van der Waals surface area (Å²) in [5.41, 5.74) is 16.3. The van der Waals surface area contributed by atoms with Gasteiger partial charge in [0.15, 0.2) is 0 Å². The Morgan fingerprint density at radius 1 is 0.875 bits per heavy atom. The zero-order valence-corrected chi connectivity index (χ0v) is 22.9. The van der Waals surface area contributed by atoms with Crippen LogP contribution >= 0.6 is 0 Å². The highest BCUT2D eigenvalue weighted by molar-refractivity contribution is 6.14. The predicted molar refractivity (Wildman–Crippen MR) is 160 cm³/mol. The molecule has 1 aliphatic carbocycles. The van der Waals surface area contributed by atoms with Crippen LogP contribution in [0.15, 0.2) is 73.1 Å². The fourth-order valence-corrected chi connectivity index (χ4v) is 6.90. The van der Waals surface area contributed by atoms with Crippen LogP contribution in [0, 0.1) is 12.3 Å². The van der Waals surface area contributed by atoms with Crippen LogP contribution in [0.5, 0.6) is 0 Å². The molecule has 202 valence electrons. The fourth-order valence-electron chi connectivity index (χ4n) is 6.90. The molecule has 3 unspecified atom stereocenters. The van der Waals surface area contributed by atoms with E-state index in [1.54, 1.807) is 0 Å². The second kappa shape index (κ2) is 10.3. The van der Waals surface area contributed by atoms with E-state index in [4.69, 9.17) is 15.9 Å². The second-order valence-corrected chi connectivity index (χ2v) is 11.5. The number of anilines is 1. The Kier molecular flexibility index (Phi) is 6.45. The Labute approximate surface area is 235 Å². The van der Waals surface area contributed by atoms with Crippen molar-refractivity contribution in [2.45, 2.75) is 57.2 Å². The van der Waals surface area contributed by atoms with Gasteiger partial charge in [0, 0.05) is 52.8 Å². The summed E-state index contributed by atoms with van der Waals surface area (Å²) in [5.74, 6) is 0.375. The number of ether oxygens (including phenoxy) is 1. The smallest absolute Gasteiger partial charge is 0.132 e. The highest BCUT2D eigenvalue weighted by Crippen LogP contribution is 2.38. The largest absolute Gasteiger partial charge is 0.383 e.